The standard InChI is InChI=1S/C14H11ClF3NO/c1-20-9-2-3-10(15)13(6-9)19-7-8-4-11(16)14(18)12(17)5-8/h2-6,19H,7H2,1H3. The molecule has 6 heteroatoms. The second-order valence-electron chi connectivity index (χ2n) is 4.07. The number of halogens is 4. The maximum atomic E-state index is 13.1. The number of nitrogens with one attached hydrogen (secondary N) is 1. The molecular formula is C14H11ClF3NO. The summed E-state index contributed by atoms with van der Waals surface area (Å²) in [5.41, 5.74) is 0.816. The second kappa shape index (κ2) is 6.05. The Morgan fingerprint density at radius 3 is 2.35 bits per heavy atom. The molecule has 0 aliphatic carbocycles. The second-order valence-corrected chi connectivity index (χ2v) is 4.48. The summed E-state index contributed by atoms with van der Waals surface area (Å²) in [5.74, 6) is -3.33. The van der Waals surface area contributed by atoms with Crippen LogP contribution < -0.4 is 10.1 Å². The molecule has 0 fully saturated rings. The fourth-order valence-corrected chi connectivity index (χ4v) is 1.86. The van der Waals surface area contributed by atoms with Crippen LogP contribution in [0.1, 0.15) is 5.56 Å². The molecule has 2 aromatic carbocycles. The highest BCUT2D eigenvalue weighted by Crippen LogP contribution is 2.27. The fourth-order valence-electron chi connectivity index (χ4n) is 1.67. The van der Waals surface area contributed by atoms with E-state index < -0.39 is 17.5 Å². The molecule has 2 aromatic rings. The third-order valence-corrected chi connectivity index (χ3v) is 3.03. The zero-order valence-electron chi connectivity index (χ0n) is 10.5. The van der Waals surface area contributed by atoms with Crippen molar-refractivity contribution < 1.29 is 17.9 Å². The molecule has 1 N–H and O–H groups in total. The highest BCUT2D eigenvalue weighted by atomic mass is 35.5. The first-order valence-corrected chi connectivity index (χ1v) is 6.10. The lowest BCUT2D eigenvalue weighted by molar-refractivity contribution is 0.415. The minimum Gasteiger partial charge on any atom is -0.497 e. The molecule has 0 saturated carbocycles. The molecule has 0 saturated heterocycles. The third-order valence-electron chi connectivity index (χ3n) is 2.70. The molecule has 0 unspecified atom stereocenters. The largest absolute Gasteiger partial charge is 0.497 e. The zero-order valence-corrected chi connectivity index (χ0v) is 11.3. The minimum atomic E-state index is -1.48. The van der Waals surface area contributed by atoms with Gasteiger partial charge >= 0.3 is 0 Å². The van der Waals surface area contributed by atoms with Gasteiger partial charge in [0.25, 0.3) is 0 Å². The van der Waals surface area contributed by atoms with Crippen LogP contribution in [0.25, 0.3) is 0 Å². The van der Waals surface area contributed by atoms with Crippen LogP contribution >= 0.6 is 11.6 Å². The van der Waals surface area contributed by atoms with Gasteiger partial charge in [0.1, 0.15) is 5.75 Å². The van der Waals surface area contributed by atoms with Gasteiger partial charge in [0.15, 0.2) is 17.5 Å². The van der Waals surface area contributed by atoms with E-state index in [4.69, 9.17) is 16.3 Å². The Morgan fingerprint density at radius 1 is 1.10 bits per heavy atom. The molecular weight excluding hydrogens is 291 g/mol. The van der Waals surface area contributed by atoms with E-state index in [0.717, 1.165) is 12.1 Å². The van der Waals surface area contributed by atoms with Crippen molar-refractivity contribution in [2.75, 3.05) is 12.4 Å². The van der Waals surface area contributed by atoms with Crippen LogP contribution in [0.15, 0.2) is 30.3 Å². The van der Waals surface area contributed by atoms with Crippen molar-refractivity contribution in [2.45, 2.75) is 6.54 Å². The summed E-state index contributed by atoms with van der Waals surface area (Å²) in [6.07, 6.45) is 0. The maximum Gasteiger partial charge on any atom is 0.194 e. The number of benzene rings is 2. The summed E-state index contributed by atoms with van der Waals surface area (Å²) < 4.78 is 44.0. The molecule has 2 rings (SSSR count). The summed E-state index contributed by atoms with van der Waals surface area (Å²) in [7, 11) is 1.51. The van der Waals surface area contributed by atoms with E-state index in [1.807, 2.05) is 0 Å². The molecule has 0 aromatic heterocycles. The smallest absolute Gasteiger partial charge is 0.194 e. The normalized spacial score (nSPS) is 10.4. The Labute approximate surface area is 119 Å². The number of methoxy groups -OCH3 is 1. The molecule has 0 atom stereocenters. The Morgan fingerprint density at radius 2 is 1.75 bits per heavy atom. The van der Waals surface area contributed by atoms with E-state index in [0.29, 0.717) is 16.5 Å². The predicted molar refractivity (Wildman–Crippen MR) is 71.6 cm³/mol. The van der Waals surface area contributed by atoms with Gasteiger partial charge in [-0.15, -0.1) is 0 Å². The highest BCUT2D eigenvalue weighted by molar-refractivity contribution is 6.33. The van der Waals surface area contributed by atoms with Gasteiger partial charge in [-0.25, -0.2) is 13.2 Å². The Kier molecular flexibility index (Phi) is 4.39. The number of anilines is 1. The molecule has 106 valence electrons. The number of hydrogen-bond donors (Lipinski definition) is 1. The number of rotatable bonds is 4. The topological polar surface area (TPSA) is 21.3 Å². The van der Waals surface area contributed by atoms with Gasteiger partial charge in [0.2, 0.25) is 0 Å². The van der Waals surface area contributed by atoms with Crippen LogP contribution in [0.3, 0.4) is 0 Å². The van der Waals surface area contributed by atoms with E-state index in [1.54, 1.807) is 18.2 Å². The predicted octanol–water partition coefficient (Wildman–Crippen LogP) is 4.38. The van der Waals surface area contributed by atoms with E-state index in [9.17, 15) is 13.2 Å². The van der Waals surface area contributed by atoms with E-state index >= 15 is 0 Å². The van der Waals surface area contributed by atoms with Gasteiger partial charge in [-0.2, -0.15) is 0 Å². The van der Waals surface area contributed by atoms with Gasteiger partial charge in [-0.1, -0.05) is 11.6 Å². The SMILES string of the molecule is COc1ccc(Cl)c(NCc2cc(F)c(F)c(F)c2)c1. The van der Waals surface area contributed by atoms with Crippen molar-refractivity contribution in [2.24, 2.45) is 0 Å². The van der Waals surface area contributed by atoms with Crippen LogP contribution in [0.4, 0.5) is 18.9 Å². The molecule has 0 aliphatic rings. The highest BCUT2D eigenvalue weighted by Gasteiger charge is 2.10. The maximum absolute atomic E-state index is 13.1. The lowest BCUT2D eigenvalue weighted by Crippen LogP contribution is -2.03. The van der Waals surface area contributed by atoms with Crippen LogP contribution in [0, 0.1) is 17.5 Å². The van der Waals surface area contributed by atoms with Gasteiger partial charge in [-0.3, -0.25) is 0 Å². The Balaban J connectivity index is 2.16. The van der Waals surface area contributed by atoms with E-state index in [1.165, 1.54) is 7.11 Å². The van der Waals surface area contributed by atoms with Crippen molar-refractivity contribution >= 4 is 17.3 Å². The first-order valence-electron chi connectivity index (χ1n) is 5.72. The molecule has 0 spiro atoms. The zero-order chi connectivity index (χ0) is 14.7. The van der Waals surface area contributed by atoms with E-state index in [2.05, 4.69) is 5.32 Å². The van der Waals surface area contributed by atoms with Crippen LogP contribution in [0.5, 0.6) is 5.75 Å². The quantitative estimate of drug-likeness (QED) is 0.846. The molecule has 2 nitrogen and oxygen atoms in total. The lowest BCUT2D eigenvalue weighted by atomic mass is 10.2. The monoisotopic (exact) mass is 301 g/mol. The lowest BCUT2D eigenvalue weighted by Gasteiger charge is -2.10. The third kappa shape index (κ3) is 3.17. The molecule has 0 aliphatic heterocycles. The molecule has 20 heavy (non-hydrogen) atoms. The number of ether oxygens (including phenoxy) is 1. The first-order chi connectivity index (χ1) is 9.51. The van der Waals surface area contributed by atoms with Crippen LogP contribution in [-0.4, -0.2) is 7.11 Å². The summed E-state index contributed by atoms with van der Waals surface area (Å²) >= 11 is 5.98. The average Bonchev–Trinajstić information content (AvgIpc) is 2.43. The van der Waals surface area contributed by atoms with Crippen molar-refractivity contribution in [1.82, 2.24) is 0 Å². The van der Waals surface area contributed by atoms with Crippen molar-refractivity contribution in [3.8, 4) is 5.75 Å². The van der Waals surface area contributed by atoms with Crippen molar-refractivity contribution in [1.29, 1.82) is 0 Å². The van der Waals surface area contributed by atoms with Crippen molar-refractivity contribution in [3.05, 3.63) is 58.4 Å². The average molecular weight is 302 g/mol. The van der Waals surface area contributed by atoms with E-state index in [-0.39, 0.29) is 12.1 Å². The molecule has 0 heterocycles. The summed E-state index contributed by atoms with van der Waals surface area (Å²) in [6.45, 7) is 0.0982. The Bertz CT molecular complexity index is 611. The van der Waals surface area contributed by atoms with Gasteiger partial charge in [0, 0.05) is 12.6 Å². The van der Waals surface area contributed by atoms with Gasteiger partial charge < -0.3 is 10.1 Å². The van der Waals surface area contributed by atoms with Crippen molar-refractivity contribution in [3.63, 3.8) is 0 Å². The number of hydrogen-bond acceptors (Lipinski definition) is 2. The van der Waals surface area contributed by atoms with Crippen LogP contribution in [0.2, 0.25) is 5.02 Å². The van der Waals surface area contributed by atoms with Crippen LogP contribution in [-0.2, 0) is 6.54 Å². The first kappa shape index (κ1) is 14.5. The Hall–Kier alpha value is -1.88. The summed E-state index contributed by atoms with van der Waals surface area (Å²) in [4.78, 5) is 0. The van der Waals surface area contributed by atoms with Gasteiger partial charge in [0.05, 0.1) is 17.8 Å². The summed E-state index contributed by atoms with van der Waals surface area (Å²) in [5, 5.41) is 3.35. The van der Waals surface area contributed by atoms with Gasteiger partial charge in [-0.05, 0) is 29.8 Å². The molecule has 0 bridgehead atoms. The minimum absolute atomic E-state index is 0.0982. The summed E-state index contributed by atoms with van der Waals surface area (Å²) in [6, 6.07) is 6.83. The fraction of sp³-hybridized carbons (Fsp3) is 0.143. The molecule has 0 amide bonds. The molecule has 0 radical (unpaired) electrons.